The van der Waals surface area contributed by atoms with E-state index in [-0.39, 0.29) is 0 Å². The van der Waals surface area contributed by atoms with Crippen LogP contribution in [0.1, 0.15) is 38.8 Å². The van der Waals surface area contributed by atoms with E-state index in [2.05, 4.69) is 39.8 Å². The molecule has 18 heavy (non-hydrogen) atoms. The van der Waals surface area contributed by atoms with Gasteiger partial charge in [0.2, 0.25) is 0 Å². The van der Waals surface area contributed by atoms with Gasteiger partial charge in [0.1, 0.15) is 0 Å². The summed E-state index contributed by atoms with van der Waals surface area (Å²) in [5.41, 5.74) is 1.15. The molecule has 1 aliphatic carbocycles. The van der Waals surface area contributed by atoms with Gasteiger partial charge >= 0.3 is 0 Å². The molecule has 1 aromatic rings. The SMILES string of the molecule is CCCNCc1cn(CCN(CC)C2CC2)cn1. The zero-order valence-electron chi connectivity index (χ0n) is 11.7. The molecule has 0 atom stereocenters. The Morgan fingerprint density at radius 1 is 1.44 bits per heavy atom. The lowest BCUT2D eigenvalue weighted by Crippen LogP contribution is -2.29. The summed E-state index contributed by atoms with van der Waals surface area (Å²) in [6.07, 6.45) is 8.09. The summed E-state index contributed by atoms with van der Waals surface area (Å²) in [7, 11) is 0. The smallest absolute Gasteiger partial charge is 0.0950 e. The highest BCUT2D eigenvalue weighted by Gasteiger charge is 2.27. The molecule has 102 valence electrons. The van der Waals surface area contributed by atoms with Crippen molar-refractivity contribution >= 4 is 0 Å². The van der Waals surface area contributed by atoms with Gasteiger partial charge in [-0.15, -0.1) is 0 Å². The highest BCUT2D eigenvalue weighted by Crippen LogP contribution is 2.26. The summed E-state index contributed by atoms with van der Waals surface area (Å²) >= 11 is 0. The number of hydrogen-bond donors (Lipinski definition) is 1. The Morgan fingerprint density at radius 3 is 2.94 bits per heavy atom. The van der Waals surface area contributed by atoms with Crippen LogP contribution in [0.2, 0.25) is 0 Å². The molecule has 1 aliphatic rings. The van der Waals surface area contributed by atoms with Crippen LogP contribution in [0.25, 0.3) is 0 Å². The Labute approximate surface area is 110 Å². The third-order valence-corrected chi connectivity index (χ3v) is 3.53. The van der Waals surface area contributed by atoms with Crippen LogP contribution in [0.3, 0.4) is 0 Å². The molecule has 0 radical (unpaired) electrons. The maximum atomic E-state index is 4.43. The quantitative estimate of drug-likeness (QED) is 0.679. The van der Waals surface area contributed by atoms with E-state index in [1.807, 2.05) is 6.33 Å². The Morgan fingerprint density at radius 2 is 2.28 bits per heavy atom. The number of nitrogens with zero attached hydrogens (tertiary/aromatic N) is 3. The summed E-state index contributed by atoms with van der Waals surface area (Å²) in [5.74, 6) is 0. The molecule has 1 N–H and O–H groups in total. The molecule has 0 spiro atoms. The van der Waals surface area contributed by atoms with E-state index in [9.17, 15) is 0 Å². The Balaban J connectivity index is 1.72. The summed E-state index contributed by atoms with van der Waals surface area (Å²) in [4.78, 5) is 7.01. The van der Waals surface area contributed by atoms with Crippen LogP contribution in [0.5, 0.6) is 0 Å². The van der Waals surface area contributed by atoms with Gasteiger partial charge in [0.05, 0.1) is 12.0 Å². The van der Waals surface area contributed by atoms with Crippen LogP contribution in [-0.2, 0) is 13.1 Å². The fraction of sp³-hybridized carbons (Fsp3) is 0.786. The van der Waals surface area contributed by atoms with Crippen molar-refractivity contribution in [3.63, 3.8) is 0 Å². The van der Waals surface area contributed by atoms with Crippen molar-refractivity contribution in [3.05, 3.63) is 18.2 Å². The molecule has 4 nitrogen and oxygen atoms in total. The van der Waals surface area contributed by atoms with Gasteiger partial charge in [-0.05, 0) is 32.4 Å². The normalized spacial score (nSPS) is 15.5. The summed E-state index contributed by atoms with van der Waals surface area (Å²) in [6, 6.07) is 0.865. The molecule has 0 unspecified atom stereocenters. The van der Waals surface area contributed by atoms with Crippen molar-refractivity contribution in [1.29, 1.82) is 0 Å². The van der Waals surface area contributed by atoms with Gasteiger partial charge in [0.25, 0.3) is 0 Å². The van der Waals surface area contributed by atoms with E-state index in [0.29, 0.717) is 0 Å². The van der Waals surface area contributed by atoms with E-state index in [1.165, 1.54) is 25.8 Å². The second-order valence-electron chi connectivity index (χ2n) is 5.14. The second-order valence-corrected chi connectivity index (χ2v) is 5.14. The standard InChI is InChI=1S/C14H26N4/c1-3-7-15-10-13-11-17(12-16-13)8-9-18(4-2)14-5-6-14/h11-12,14-15H,3-10H2,1-2H3. The molecular formula is C14H26N4. The van der Waals surface area contributed by atoms with Gasteiger partial charge in [-0.25, -0.2) is 4.98 Å². The molecule has 1 fully saturated rings. The number of aromatic nitrogens is 2. The molecule has 1 aromatic heterocycles. The number of likely N-dealkylation sites (N-methyl/N-ethyl adjacent to an activating group) is 1. The zero-order chi connectivity index (χ0) is 12.8. The second kappa shape index (κ2) is 6.90. The van der Waals surface area contributed by atoms with Crippen molar-refractivity contribution in [2.45, 2.75) is 52.2 Å². The number of nitrogens with one attached hydrogen (secondary N) is 1. The van der Waals surface area contributed by atoms with Gasteiger partial charge in [-0.3, -0.25) is 4.90 Å². The average molecular weight is 250 g/mol. The van der Waals surface area contributed by atoms with Crippen molar-refractivity contribution in [3.8, 4) is 0 Å². The van der Waals surface area contributed by atoms with Gasteiger partial charge in [-0.2, -0.15) is 0 Å². The zero-order valence-corrected chi connectivity index (χ0v) is 11.7. The minimum absolute atomic E-state index is 0.865. The molecule has 0 bridgehead atoms. The van der Waals surface area contributed by atoms with E-state index >= 15 is 0 Å². The fourth-order valence-electron chi connectivity index (χ4n) is 2.30. The number of hydrogen-bond acceptors (Lipinski definition) is 3. The van der Waals surface area contributed by atoms with Gasteiger partial charge in [0, 0.05) is 31.9 Å². The summed E-state index contributed by atoms with van der Waals surface area (Å²) < 4.78 is 2.22. The number of rotatable bonds is 9. The molecule has 1 saturated carbocycles. The van der Waals surface area contributed by atoms with Crippen molar-refractivity contribution in [2.24, 2.45) is 0 Å². The fourth-order valence-corrected chi connectivity index (χ4v) is 2.30. The lowest BCUT2D eigenvalue weighted by Gasteiger charge is -2.19. The summed E-state index contributed by atoms with van der Waals surface area (Å²) in [6.45, 7) is 9.78. The Hall–Kier alpha value is -0.870. The maximum Gasteiger partial charge on any atom is 0.0950 e. The third kappa shape index (κ3) is 4.10. The molecule has 0 saturated heterocycles. The van der Waals surface area contributed by atoms with Crippen LogP contribution < -0.4 is 5.32 Å². The van der Waals surface area contributed by atoms with Crippen molar-refractivity contribution in [1.82, 2.24) is 19.8 Å². The summed E-state index contributed by atoms with van der Waals surface area (Å²) in [5, 5.41) is 3.38. The largest absolute Gasteiger partial charge is 0.336 e. The first kappa shape index (κ1) is 13.6. The monoisotopic (exact) mass is 250 g/mol. The maximum absolute atomic E-state index is 4.43. The first-order valence-corrected chi connectivity index (χ1v) is 7.29. The minimum atomic E-state index is 0.865. The Bertz CT molecular complexity index is 343. The molecule has 0 aromatic carbocycles. The average Bonchev–Trinajstić information content (AvgIpc) is 3.11. The predicted octanol–water partition coefficient (Wildman–Crippen LogP) is 1.87. The van der Waals surface area contributed by atoms with E-state index in [1.54, 1.807) is 0 Å². The minimum Gasteiger partial charge on any atom is -0.336 e. The highest BCUT2D eigenvalue weighted by molar-refractivity contribution is 4.96. The molecule has 0 aliphatic heterocycles. The van der Waals surface area contributed by atoms with Crippen LogP contribution >= 0.6 is 0 Å². The first-order chi connectivity index (χ1) is 8.83. The van der Waals surface area contributed by atoms with E-state index < -0.39 is 0 Å². The molecule has 1 heterocycles. The predicted molar refractivity (Wildman–Crippen MR) is 74.5 cm³/mol. The molecule has 0 amide bonds. The van der Waals surface area contributed by atoms with Crippen molar-refractivity contribution < 1.29 is 0 Å². The van der Waals surface area contributed by atoms with Gasteiger partial charge < -0.3 is 9.88 Å². The molecule has 4 heteroatoms. The number of imidazole rings is 1. The first-order valence-electron chi connectivity index (χ1n) is 7.29. The lowest BCUT2D eigenvalue weighted by molar-refractivity contribution is 0.266. The third-order valence-electron chi connectivity index (χ3n) is 3.53. The van der Waals surface area contributed by atoms with Crippen LogP contribution in [-0.4, -0.2) is 40.1 Å². The van der Waals surface area contributed by atoms with Crippen LogP contribution in [0.15, 0.2) is 12.5 Å². The van der Waals surface area contributed by atoms with Crippen LogP contribution in [0.4, 0.5) is 0 Å². The topological polar surface area (TPSA) is 33.1 Å². The van der Waals surface area contributed by atoms with E-state index in [0.717, 1.165) is 37.9 Å². The Kier molecular flexibility index (Phi) is 5.20. The highest BCUT2D eigenvalue weighted by atomic mass is 15.2. The lowest BCUT2D eigenvalue weighted by atomic mass is 10.4. The molecular weight excluding hydrogens is 224 g/mol. The van der Waals surface area contributed by atoms with Crippen LogP contribution in [0, 0.1) is 0 Å². The molecule has 2 rings (SSSR count). The van der Waals surface area contributed by atoms with E-state index in [4.69, 9.17) is 0 Å². The van der Waals surface area contributed by atoms with Gasteiger partial charge in [-0.1, -0.05) is 13.8 Å². The van der Waals surface area contributed by atoms with Crippen molar-refractivity contribution in [2.75, 3.05) is 19.6 Å². The van der Waals surface area contributed by atoms with Gasteiger partial charge in [0.15, 0.2) is 0 Å².